The molecule has 2 heterocycles. The van der Waals surface area contributed by atoms with Crippen LogP contribution >= 0.6 is 0 Å². The lowest BCUT2D eigenvalue weighted by molar-refractivity contribution is -0.131. The molecular formula is C20H27N3O4S. The van der Waals surface area contributed by atoms with Crippen LogP contribution in [0.5, 0.6) is 0 Å². The van der Waals surface area contributed by atoms with Gasteiger partial charge in [0.05, 0.1) is 16.2 Å². The lowest BCUT2D eigenvalue weighted by Gasteiger charge is -2.29. The average molecular weight is 406 g/mol. The summed E-state index contributed by atoms with van der Waals surface area (Å²) in [6.07, 6.45) is 3.00. The molecule has 2 fully saturated rings. The van der Waals surface area contributed by atoms with Gasteiger partial charge in [-0.25, -0.2) is 12.7 Å². The zero-order valence-electron chi connectivity index (χ0n) is 16.5. The van der Waals surface area contributed by atoms with Crippen molar-refractivity contribution in [3.8, 4) is 0 Å². The number of piperidine rings is 1. The van der Waals surface area contributed by atoms with Crippen molar-refractivity contribution in [3.05, 3.63) is 23.3 Å². The van der Waals surface area contributed by atoms with Gasteiger partial charge in [-0.2, -0.15) is 0 Å². The van der Waals surface area contributed by atoms with Gasteiger partial charge in [-0.1, -0.05) is 0 Å². The molecule has 0 bridgehead atoms. The van der Waals surface area contributed by atoms with Gasteiger partial charge in [0.2, 0.25) is 11.8 Å². The molecule has 0 radical (unpaired) electrons. The number of hydrogen-bond acceptors (Lipinski definition) is 5. The number of sulfonamides is 1. The Hall–Kier alpha value is -1.93. The highest BCUT2D eigenvalue weighted by atomic mass is 32.2. The summed E-state index contributed by atoms with van der Waals surface area (Å²) in [5.74, 6) is -0.760. The number of rotatable bonds is 4. The Morgan fingerprint density at radius 3 is 2.54 bits per heavy atom. The second-order valence-electron chi connectivity index (χ2n) is 8.66. The second kappa shape index (κ2) is 6.56. The molecule has 1 unspecified atom stereocenters. The van der Waals surface area contributed by atoms with Crippen molar-refractivity contribution in [1.29, 1.82) is 0 Å². The molecule has 2 N–H and O–H groups in total. The molecule has 1 atom stereocenters. The van der Waals surface area contributed by atoms with E-state index in [9.17, 15) is 18.0 Å². The van der Waals surface area contributed by atoms with Crippen molar-refractivity contribution in [2.45, 2.75) is 62.8 Å². The van der Waals surface area contributed by atoms with Crippen molar-refractivity contribution in [2.75, 3.05) is 18.4 Å². The third-order valence-corrected chi connectivity index (χ3v) is 7.91. The monoisotopic (exact) mass is 405 g/mol. The van der Waals surface area contributed by atoms with E-state index in [1.54, 1.807) is 32.9 Å². The van der Waals surface area contributed by atoms with Crippen LogP contribution in [0.25, 0.3) is 0 Å². The molecule has 1 saturated heterocycles. The van der Waals surface area contributed by atoms with E-state index < -0.39 is 15.4 Å². The minimum Gasteiger partial charge on any atom is -0.325 e. The molecule has 8 heteroatoms. The largest absolute Gasteiger partial charge is 0.325 e. The first-order chi connectivity index (χ1) is 13.1. The highest BCUT2D eigenvalue weighted by molar-refractivity contribution is 7.89. The lowest BCUT2D eigenvalue weighted by Crippen LogP contribution is -2.46. The predicted octanol–water partition coefficient (Wildman–Crippen LogP) is 1.90. The first-order valence-electron chi connectivity index (χ1n) is 9.89. The van der Waals surface area contributed by atoms with Crippen LogP contribution < -0.4 is 10.6 Å². The summed E-state index contributed by atoms with van der Waals surface area (Å²) in [5.41, 5.74) is 1.22. The molecule has 1 aromatic carbocycles. The number of carbonyl (C=O) groups is 2. The quantitative estimate of drug-likeness (QED) is 0.798. The first kappa shape index (κ1) is 19.4. The van der Waals surface area contributed by atoms with Crippen LogP contribution in [0.2, 0.25) is 0 Å². The summed E-state index contributed by atoms with van der Waals surface area (Å²) in [4.78, 5) is 25.5. The third kappa shape index (κ3) is 3.03. The number of carbonyl (C=O) groups excluding carboxylic acids is 2. The van der Waals surface area contributed by atoms with Crippen LogP contribution in [0.4, 0.5) is 5.69 Å². The van der Waals surface area contributed by atoms with E-state index in [1.165, 1.54) is 0 Å². The van der Waals surface area contributed by atoms with Crippen LogP contribution in [-0.4, -0.2) is 43.7 Å². The number of nitrogens with one attached hydrogen (secondary N) is 2. The van der Waals surface area contributed by atoms with Crippen molar-refractivity contribution < 1.29 is 18.0 Å². The maximum absolute atomic E-state index is 13.5. The zero-order valence-corrected chi connectivity index (χ0v) is 17.4. The molecule has 152 valence electrons. The van der Waals surface area contributed by atoms with Gasteiger partial charge >= 0.3 is 0 Å². The fourth-order valence-corrected chi connectivity index (χ4v) is 5.92. The summed E-state index contributed by atoms with van der Waals surface area (Å²) in [5, 5.41) is 6.04. The molecule has 3 aliphatic rings. The van der Waals surface area contributed by atoms with Crippen molar-refractivity contribution in [2.24, 2.45) is 5.92 Å². The smallest absolute Gasteiger partial charge is 0.266 e. The van der Waals surface area contributed by atoms with Gasteiger partial charge < -0.3 is 10.6 Å². The van der Waals surface area contributed by atoms with Gasteiger partial charge in [0.1, 0.15) is 0 Å². The van der Waals surface area contributed by atoms with Crippen molar-refractivity contribution in [3.63, 3.8) is 0 Å². The molecule has 0 spiro atoms. The van der Waals surface area contributed by atoms with E-state index in [4.69, 9.17) is 0 Å². The molecule has 1 aliphatic carbocycles. The molecule has 0 aromatic heterocycles. The van der Waals surface area contributed by atoms with Crippen molar-refractivity contribution in [1.82, 2.24) is 9.62 Å². The topological polar surface area (TPSA) is 95.6 Å². The summed E-state index contributed by atoms with van der Waals surface area (Å²) < 4.78 is 28.2. The van der Waals surface area contributed by atoms with E-state index in [2.05, 4.69) is 10.6 Å². The maximum Gasteiger partial charge on any atom is 0.266 e. The Morgan fingerprint density at radius 1 is 1.21 bits per heavy atom. The van der Waals surface area contributed by atoms with E-state index >= 15 is 0 Å². The molecule has 28 heavy (non-hydrogen) atoms. The van der Waals surface area contributed by atoms with E-state index in [1.807, 2.05) is 0 Å². The van der Waals surface area contributed by atoms with Gasteiger partial charge in [0.25, 0.3) is 10.0 Å². The first-order valence-corrected chi connectivity index (χ1v) is 11.3. The molecule has 2 aliphatic heterocycles. The Kier molecular flexibility index (Phi) is 4.54. The predicted molar refractivity (Wildman–Crippen MR) is 105 cm³/mol. The zero-order chi connectivity index (χ0) is 20.3. The Morgan fingerprint density at radius 2 is 1.93 bits per heavy atom. The molecule has 1 saturated carbocycles. The minimum atomic E-state index is -3.98. The summed E-state index contributed by atoms with van der Waals surface area (Å²) >= 11 is 0. The van der Waals surface area contributed by atoms with Crippen LogP contribution in [-0.2, 0) is 25.0 Å². The minimum absolute atomic E-state index is 0.0948. The molecular weight excluding hydrogens is 378 g/mol. The molecule has 1 aromatic rings. The van der Waals surface area contributed by atoms with E-state index in [0.29, 0.717) is 42.6 Å². The standard InChI is InChI=1S/C20H27N3O4S/c1-12-9-15(10-16-17(12)22-19(25)20(16,2)3)28(26,27)23(14-6-7-14)18(24)13-5-4-8-21-11-13/h9-10,13-14,21H,4-8,11H2,1-3H3,(H,22,25). The van der Waals surface area contributed by atoms with Gasteiger partial charge in [-0.05, 0) is 76.3 Å². The highest BCUT2D eigenvalue weighted by Gasteiger charge is 2.46. The number of amides is 2. The van der Waals surface area contributed by atoms with Gasteiger partial charge in [0, 0.05) is 18.3 Å². The molecule has 2 amide bonds. The number of aryl methyl sites for hydroxylation is 1. The van der Waals surface area contributed by atoms with E-state index in [-0.39, 0.29) is 28.7 Å². The summed E-state index contributed by atoms with van der Waals surface area (Å²) in [6, 6.07) is 2.88. The highest BCUT2D eigenvalue weighted by Crippen LogP contribution is 2.42. The summed E-state index contributed by atoms with van der Waals surface area (Å²) in [6.45, 7) is 6.73. The van der Waals surface area contributed by atoms with Crippen LogP contribution in [0.15, 0.2) is 17.0 Å². The number of fused-ring (bicyclic) bond motifs is 1. The number of benzene rings is 1. The Bertz CT molecular complexity index is 944. The Balaban J connectivity index is 1.75. The van der Waals surface area contributed by atoms with Crippen molar-refractivity contribution >= 4 is 27.5 Å². The fraction of sp³-hybridized carbons (Fsp3) is 0.600. The lowest BCUT2D eigenvalue weighted by atomic mass is 9.85. The number of hydrogen-bond donors (Lipinski definition) is 2. The average Bonchev–Trinajstić information content (AvgIpc) is 3.44. The maximum atomic E-state index is 13.5. The Labute approximate surface area is 165 Å². The SMILES string of the molecule is Cc1cc(S(=O)(=O)N(C(=O)C2CCCNC2)C2CC2)cc2c1NC(=O)C2(C)C. The second-order valence-corrected chi connectivity index (χ2v) is 10.5. The van der Waals surface area contributed by atoms with Gasteiger partial charge in [-0.3, -0.25) is 9.59 Å². The van der Waals surface area contributed by atoms with Crippen LogP contribution in [0, 0.1) is 12.8 Å². The van der Waals surface area contributed by atoms with Gasteiger partial charge in [0.15, 0.2) is 0 Å². The van der Waals surface area contributed by atoms with Gasteiger partial charge in [-0.15, -0.1) is 0 Å². The number of nitrogens with zero attached hydrogens (tertiary/aromatic N) is 1. The van der Waals surface area contributed by atoms with E-state index in [0.717, 1.165) is 17.3 Å². The summed E-state index contributed by atoms with van der Waals surface area (Å²) in [7, 11) is -3.98. The van der Waals surface area contributed by atoms with Crippen LogP contribution in [0.3, 0.4) is 0 Å². The number of anilines is 1. The third-order valence-electron chi connectivity index (χ3n) is 6.09. The normalized spacial score (nSPS) is 23.8. The molecule has 7 nitrogen and oxygen atoms in total. The molecule has 4 rings (SSSR count). The fourth-order valence-electron chi connectivity index (χ4n) is 4.11. The van der Waals surface area contributed by atoms with Crippen LogP contribution in [0.1, 0.15) is 50.7 Å².